The van der Waals surface area contributed by atoms with Crippen molar-refractivity contribution < 1.29 is 19.1 Å². The van der Waals surface area contributed by atoms with Crippen LogP contribution in [0.3, 0.4) is 0 Å². The molecule has 0 radical (unpaired) electrons. The second-order valence-corrected chi connectivity index (χ2v) is 7.39. The van der Waals surface area contributed by atoms with E-state index < -0.39 is 23.5 Å². The van der Waals surface area contributed by atoms with E-state index in [4.69, 9.17) is 0 Å². The van der Waals surface area contributed by atoms with Gasteiger partial charge in [-0.15, -0.1) is 0 Å². The summed E-state index contributed by atoms with van der Waals surface area (Å²) in [6.07, 6.45) is 4.59. The zero-order valence-electron chi connectivity index (χ0n) is 15.5. The Hall–Kier alpha value is -2.95. The van der Waals surface area contributed by atoms with Gasteiger partial charge in [0.2, 0.25) is 0 Å². The van der Waals surface area contributed by atoms with Crippen LogP contribution in [0.5, 0.6) is 0 Å². The lowest BCUT2D eigenvalue weighted by molar-refractivity contribution is -0.141. The summed E-state index contributed by atoms with van der Waals surface area (Å²) in [6.45, 7) is 0. The highest BCUT2D eigenvalue weighted by Gasteiger charge is 2.49. The molecule has 1 N–H and O–H groups in total. The molecule has 1 amide bonds. The van der Waals surface area contributed by atoms with Gasteiger partial charge in [-0.1, -0.05) is 67.8 Å². The molecular weight excluding hydrogens is 357 g/mol. The molecule has 1 aliphatic heterocycles. The molecule has 144 valence electrons. The highest BCUT2D eigenvalue weighted by Crippen LogP contribution is 2.43. The van der Waals surface area contributed by atoms with Gasteiger partial charge in [-0.2, -0.15) is 0 Å². The molecular formula is C23H22FNO3. The van der Waals surface area contributed by atoms with E-state index in [0.717, 1.165) is 32.1 Å². The number of rotatable bonds is 3. The highest BCUT2D eigenvalue weighted by atomic mass is 19.1. The van der Waals surface area contributed by atoms with Crippen molar-refractivity contribution in [2.24, 2.45) is 0 Å². The average molecular weight is 379 g/mol. The first kappa shape index (κ1) is 18.4. The van der Waals surface area contributed by atoms with Crippen molar-refractivity contribution in [3.05, 3.63) is 77.1 Å². The summed E-state index contributed by atoms with van der Waals surface area (Å²) in [6, 6.07) is 13.7. The zero-order chi connectivity index (χ0) is 19.7. The number of carbonyl (C=O) groups is 2. The molecule has 2 aliphatic rings. The number of carbonyl (C=O) groups excluding carboxylic acids is 2. The number of benzene rings is 2. The molecule has 4 rings (SSSR count). The van der Waals surface area contributed by atoms with Crippen LogP contribution < -0.4 is 0 Å². The fraction of sp³-hybridized carbons (Fsp3) is 0.304. The van der Waals surface area contributed by atoms with Gasteiger partial charge in [-0.25, -0.2) is 4.39 Å². The maximum atomic E-state index is 14.7. The summed E-state index contributed by atoms with van der Waals surface area (Å²) in [4.78, 5) is 27.4. The largest absolute Gasteiger partial charge is 0.507 e. The smallest absolute Gasteiger partial charge is 0.295 e. The molecule has 0 bridgehead atoms. The number of likely N-dealkylation sites (tertiary alicyclic amines) is 1. The van der Waals surface area contributed by atoms with Gasteiger partial charge in [0.15, 0.2) is 0 Å². The monoisotopic (exact) mass is 379 g/mol. The number of nitrogens with zero attached hydrogens (tertiary/aromatic N) is 1. The standard InChI is InChI=1S/C23H22FNO3/c24-18-14-8-7-13-17(18)20-19(21(26)15-9-3-1-4-10-15)22(27)23(28)25(20)16-11-5-2-6-12-16/h1,3-4,7-10,13-14,16,20,26H,2,5-6,11-12H2/b21-19-. The lowest BCUT2D eigenvalue weighted by Crippen LogP contribution is -2.40. The van der Waals surface area contributed by atoms with Gasteiger partial charge in [0.05, 0.1) is 11.6 Å². The van der Waals surface area contributed by atoms with Crippen molar-refractivity contribution in [2.75, 3.05) is 0 Å². The van der Waals surface area contributed by atoms with Crippen LogP contribution in [0.4, 0.5) is 4.39 Å². The van der Waals surface area contributed by atoms with Gasteiger partial charge >= 0.3 is 0 Å². The molecule has 2 aromatic carbocycles. The molecule has 1 saturated carbocycles. The molecule has 28 heavy (non-hydrogen) atoms. The normalized spacial score (nSPS) is 22.6. The molecule has 0 spiro atoms. The highest BCUT2D eigenvalue weighted by molar-refractivity contribution is 6.46. The maximum Gasteiger partial charge on any atom is 0.295 e. The molecule has 1 saturated heterocycles. The van der Waals surface area contributed by atoms with Crippen molar-refractivity contribution in [3.8, 4) is 0 Å². The number of aliphatic hydroxyl groups is 1. The summed E-state index contributed by atoms with van der Waals surface area (Å²) in [5.41, 5.74) is 0.641. The molecule has 4 nitrogen and oxygen atoms in total. The number of aliphatic hydroxyl groups excluding tert-OH is 1. The Kier molecular flexibility index (Phi) is 4.99. The number of hydrogen-bond donors (Lipinski definition) is 1. The van der Waals surface area contributed by atoms with Crippen LogP contribution in [0.2, 0.25) is 0 Å². The predicted molar refractivity (Wildman–Crippen MR) is 104 cm³/mol. The van der Waals surface area contributed by atoms with Gasteiger partial charge in [0, 0.05) is 17.2 Å². The summed E-state index contributed by atoms with van der Waals surface area (Å²) < 4.78 is 14.7. The van der Waals surface area contributed by atoms with Crippen molar-refractivity contribution in [1.29, 1.82) is 0 Å². The lowest BCUT2D eigenvalue weighted by Gasteiger charge is -2.35. The first-order chi connectivity index (χ1) is 13.6. The molecule has 0 aromatic heterocycles. The van der Waals surface area contributed by atoms with Gasteiger partial charge < -0.3 is 10.0 Å². The van der Waals surface area contributed by atoms with Crippen molar-refractivity contribution in [1.82, 2.24) is 4.90 Å². The van der Waals surface area contributed by atoms with Crippen LogP contribution in [0.15, 0.2) is 60.2 Å². The second kappa shape index (κ2) is 7.58. The molecule has 1 unspecified atom stereocenters. The Labute approximate surface area is 163 Å². The van der Waals surface area contributed by atoms with E-state index in [1.807, 2.05) is 0 Å². The van der Waals surface area contributed by atoms with E-state index in [0.29, 0.717) is 5.56 Å². The second-order valence-electron chi connectivity index (χ2n) is 7.39. The minimum absolute atomic E-state index is 0.0353. The number of ketones is 1. The Morgan fingerprint density at radius 2 is 1.57 bits per heavy atom. The van der Waals surface area contributed by atoms with Crippen LogP contribution in [0.25, 0.3) is 5.76 Å². The fourth-order valence-electron chi connectivity index (χ4n) is 4.34. The van der Waals surface area contributed by atoms with E-state index in [1.165, 1.54) is 11.0 Å². The number of Topliss-reactive ketones (excluding diaryl/α,β-unsaturated/α-hetero) is 1. The van der Waals surface area contributed by atoms with E-state index >= 15 is 0 Å². The zero-order valence-corrected chi connectivity index (χ0v) is 15.5. The summed E-state index contributed by atoms with van der Waals surface area (Å²) in [5.74, 6) is -2.16. The number of hydrogen-bond acceptors (Lipinski definition) is 3. The summed E-state index contributed by atoms with van der Waals surface area (Å²) in [5, 5.41) is 10.9. The quantitative estimate of drug-likeness (QED) is 0.482. The molecule has 2 aromatic rings. The average Bonchev–Trinajstić information content (AvgIpc) is 3.00. The van der Waals surface area contributed by atoms with Crippen LogP contribution in [0, 0.1) is 5.82 Å². The molecule has 1 aliphatic carbocycles. The van der Waals surface area contributed by atoms with E-state index in [1.54, 1.807) is 48.5 Å². The van der Waals surface area contributed by atoms with Gasteiger partial charge in [-0.05, 0) is 18.9 Å². The van der Waals surface area contributed by atoms with Crippen LogP contribution in [0.1, 0.15) is 49.3 Å². The fourth-order valence-corrected chi connectivity index (χ4v) is 4.34. The minimum atomic E-state index is -0.912. The third-order valence-electron chi connectivity index (χ3n) is 5.70. The van der Waals surface area contributed by atoms with Crippen molar-refractivity contribution in [2.45, 2.75) is 44.2 Å². The Balaban J connectivity index is 1.90. The third-order valence-corrected chi connectivity index (χ3v) is 5.70. The SMILES string of the molecule is O=C1C(=O)N(C2CCCCC2)C(c2ccccc2F)/C1=C(/O)c1ccccc1. The lowest BCUT2D eigenvalue weighted by atomic mass is 9.90. The topological polar surface area (TPSA) is 57.6 Å². The van der Waals surface area contributed by atoms with Crippen LogP contribution in [-0.2, 0) is 9.59 Å². The van der Waals surface area contributed by atoms with Crippen molar-refractivity contribution >= 4 is 17.4 Å². The Morgan fingerprint density at radius 3 is 2.25 bits per heavy atom. The van der Waals surface area contributed by atoms with E-state index in [2.05, 4.69) is 0 Å². The van der Waals surface area contributed by atoms with Gasteiger partial charge in [0.25, 0.3) is 11.7 Å². The molecule has 1 atom stereocenters. The summed E-state index contributed by atoms with van der Waals surface area (Å²) >= 11 is 0. The molecule has 5 heteroatoms. The molecule has 1 heterocycles. The number of amides is 1. The number of halogens is 1. The Morgan fingerprint density at radius 1 is 0.929 bits per heavy atom. The Bertz CT molecular complexity index is 932. The van der Waals surface area contributed by atoms with Gasteiger partial charge in [-0.3, -0.25) is 9.59 Å². The third kappa shape index (κ3) is 3.11. The minimum Gasteiger partial charge on any atom is -0.507 e. The maximum absolute atomic E-state index is 14.7. The first-order valence-corrected chi connectivity index (χ1v) is 9.69. The van der Waals surface area contributed by atoms with Crippen LogP contribution >= 0.6 is 0 Å². The van der Waals surface area contributed by atoms with Gasteiger partial charge in [0.1, 0.15) is 11.6 Å². The van der Waals surface area contributed by atoms with E-state index in [9.17, 15) is 19.1 Å². The van der Waals surface area contributed by atoms with Crippen LogP contribution in [-0.4, -0.2) is 27.7 Å². The predicted octanol–water partition coefficient (Wildman–Crippen LogP) is 4.58. The van der Waals surface area contributed by atoms with E-state index in [-0.39, 0.29) is 22.9 Å². The van der Waals surface area contributed by atoms with Crippen molar-refractivity contribution in [3.63, 3.8) is 0 Å². The first-order valence-electron chi connectivity index (χ1n) is 9.69. The summed E-state index contributed by atoms with van der Waals surface area (Å²) in [7, 11) is 0. The molecule has 2 fully saturated rings.